The van der Waals surface area contributed by atoms with E-state index in [2.05, 4.69) is 4.98 Å². The lowest BCUT2D eigenvalue weighted by atomic mass is 10.2. The molecule has 0 amide bonds. The lowest BCUT2D eigenvalue weighted by Gasteiger charge is -2.15. The summed E-state index contributed by atoms with van der Waals surface area (Å²) in [5.41, 5.74) is 1.57. The van der Waals surface area contributed by atoms with E-state index in [0.29, 0.717) is 35.0 Å². The van der Waals surface area contributed by atoms with Gasteiger partial charge in [0.1, 0.15) is 0 Å². The van der Waals surface area contributed by atoms with Gasteiger partial charge in [-0.25, -0.2) is 14.3 Å². The van der Waals surface area contributed by atoms with E-state index in [-0.39, 0.29) is 18.2 Å². The van der Waals surface area contributed by atoms with Crippen LogP contribution in [0.25, 0.3) is 16.9 Å². The molecule has 0 N–H and O–H groups in total. The van der Waals surface area contributed by atoms with Crippen LogP contribution in [0.3, 0.4) is 0 Å². The molecule has 0 radical (unpaired) electrons. The Hall–Kier alpha value is -3.16. The molecule has 1 aliphatic rings. The summed E-state index contributed by atoms with van der Waals surface area (Å²) >= 11 is 6.04. The van der Waals surface area contributed by atoms with Gasteiger partial charge >= 0.3 is 5.69 Å². The van der Waals surface area contributed by atoms with Crippen molar-refractivity contribution in [2.45, 2.75) is 32.0 Å². The van der Waals surface area contributed by atoms with Crippen molar-refractivity contribution in [2.24, 2.45) is 0 Å². The Labute approximate surface area is 183 Å². The largest absolute Gasteiger partial charge is 0.376 e. The number of rotatable bonds is 5. The van der Waals surface area contributed by atoms with E-state index >= 15 is 0 Å². The van der Waals surface area contributed by atoms with Crippen LogP contribution in [-0.2, 0) is 17.8 Å². The topological polar surface area (TPSA) is 71.0 Å². The molecule has 8 heteroatoms. The number of hydrogen-bond donors (Lipinski definition) is 0. The molecule has 2 aromatic heterocycles. The van der Waals surface area contributed by atoms with Crippen LogP contribution in [0.1, 0.15) is 18.4 Å². The number of halogens is 1. The smallest absolute Gasteiger partial charge is 0.337 e. The molecule has 1 saturated heterocycles. The second-order valence-electron chi connectivity index (χ2n) is 7.68. The zero-order chi connectivity index (χ0) is 21.4. The Kier molecular flexibility index (Phi) is 5.21. The normalized spacial score (nSPS) is 16.2. The standard InChI is InChI=1S/C23H21ClN4O3/c24-17-8-10-18(11-9-17)28-21-20(26(15-25-21)13-16-5-2-1-3-6-16)22(29)27(23(28)30)14-19-7-4-12-31-19/h1-3,5-6,8-11,15,19H,4,7,12-14H2/t19-/m1/s1. The molecule has 4 aromatic rings. The van der Waals surface area contributed by atoms with Crippen LogP contribution >= 0.6 is 11.6 Å². The average Bonchev–Trinajstić information content (AvgIpc) is 3.44. The molecule has 1 aliphatic heterocycles. The van der Waals surface area contributed by atoms with Crippen molar-refractivity contribution in [3.05, 3.63) is 92.3 Å². The molecule has 158 valence electrons. The van der Waals surface area contributed by atoms with Gasteiger partial charge in [-0.2, -0.15) is 0 Å². The second kappa shape index (κ2) is 8.17. The Morgan fingerprint density at radius 2 is 1.84 bits per heavy atom. The van der Waals surface area contributed by atoms with Crippen molar-refractivity contribution in [1.82, 2.24) is 18.7 Å². The fourth-order valence-corrected chi connectivity index (χ4v) is 4.18. The number of fused-ring (bicyclic) bond motifs is 1. The number of benzene rings is 2. The first kappa shape index (κ1) is 19.8. The summed E-state index contributed by atoms with van der Waals surface area (Å²) in [6, 6.07) is 16.8. The summed E-state index contributed by atoms with van der Waals surface area (Å²) in [5, 5.41) is 0.565. The van der Waals surface area contributed by atoms with Gasteiger partial charge in [0.05, 0.1) is 24.7 Å². The fourth-order valence-electron chi connectivity index (χ4n) is 4.06. The second-order valence-corrected chi connectivity index (χ2v) is 8.11. The highest BCUT2D eigenvalue weighted by Crippen LogP contribution is 2.18. The number of hydrogen-bond acceptors (Lipinski definition) is 4. The van der Waals surface area contributed by atoms with E-state index in [4.69, 9.17) is 16.3 Å². The number of aromatic nitrogens is 4. The van der Waals surface area contributed by atoms with Crippen molar-refractivity contribution >= 4 is 22.8 Å². The van der Waals surface area contributed by atoms with Crippen molar-refractivity contribution in [2.75, 3.05) is 6.61 Å². The molecule has 1 atom stereocenters. The summed E-state index contributed by atoms with van der Waals surface area (Å²) in [7, 11) is 0. The number of ether oxygens (including phenoxy) is 1. The molecule has 2 aromatic carbocycles. The van der Waals surface area contributed by atoms with Crippen molar-refractivity contribution in [1.29, 1.82) is 0 Å². The molecular formula is C23H21ClN4O3. The van der Waals surface area contributed by atoms with Crippen molar-refractivity contribution in [3.8, 4) is 5.69 Å². The van der Waals surface area contributed by atoms with Crippen molar-refractivity contribution in [3.63, 3.8) is 0 Å². The van der Waals surface area contributed by atoms with Crippen LogP contribution in [0.4, 0.5) is 0 Å². The van der Waals surface area contributed by atoms with Crippen LogP contribution in [0, 0.1) is 0 Å². The molecular weight excluding hydrogens is 416 g/mol. The minimum absolute atomic E-state index is 0.146. The van der Waals surface area contributed by atoms with Gasteiger partial charge in [0.25, 0.3) is 5.56 Å². The Morgan fingerprint density at radius 1 is 1.06 bits per heavy atom. The molecule has 1 fully saturated rings. The summed E-state index contributed by atoms with van der Waals surface area (Å²) < 4.78 is 10.2. The van der Waals surface area contributed by atoms with Gasteiger partial charge < -0.3 is 9.30 Å². The van der Waals surface area contributed by atoms with E-state index in [1.165, 1.54) is 9.13 Å². The zero-order valence-electron chi connectivity index (χ0n) is 16.8. The Morgan fingerprint density at radius 3 is 2.55 bits per heavy atom. The van der Waals surface area contributed by atoms with Gasteiger partial charge in [-0.15, -0.1) is 0 Å². The van der Waals surface area contributed by atoms with Crippen LogP contribution in [0.2, 0.25) is 5.02 Å². The Bertz CT molecular complexity index is 1330. The quantitative estimate of drug-likeness (QED) is 0.481. The van der Waals surface area contributed by atoms with Gasteiger partial charge in [0.15, 0.2) is 11.2 Å². The average molecular weight is 437 g/mol. The summed E-state index contributed by atoms with van der Waals surface area (Å²) in [6.07, 6.45) is 3.22. The van der Waals surface area contributed by atoms with Crippen LogP contribution in [0.15, 0.2) is 70.5 Å². The maximum absolute atomic E-state index is 13.5. The predicted molar refractivity (Wildman–Crippen MR) is 119 cm³/mol. The minimum Gasteiger partial charge on any atom is -0.376 e. The molecule has 7 nitrogen and oxygen atoms in total. The first-order valence-electron chi connectivity index (χ1n) is 10.2. The molecule has 0 saturated carbocycles. The SMILES string of the molecule is O=c1c2c(ncn2Cc2ccccc2)n(-c2ccc(Cl)cc2)c(=O)n1C[C@H]1CCCO1. The van der Waals surface area contributed by atoms with Crippen LogP contribution < -0.4 is 11.2 Å². The monoisotopic (exact) mass is 436 g/mol. The van der Waals surface area contributed by atoms with Gasteiger partial charge in [0, 0.05) is 18.2 Å². The van der Waals surface area contributed by atoms with Gasteiger partial charge in [0.2, 0.25) is 0 Å². The van der Waals surface area contributed by atoms with E-state index < -0.39 is 5.69 Å². The third kappa shape index (κ3) is 3.71. The number of imidazole rings is 1. The van der Waals surface area contributed by atoms with Gasteiger partial charge in [-0.1, -0.05) is 41.9 Å². The summed E-state index contributed by atoms with van der Waals surface area (Å²) in [4.78, 5) is 31.3. The minimum atomic E-state index is -0.430. The highest BCUT2D eigenvalue weighted by atomic mass is 35.5. The summed E-state index contributed by atoms with van der Waals surface area (Å²) in [5.74, 6) is 0. The third-order valence-corrected chi connectivity index (χ3v) is 5.84. The maximum atomic E-state index is 13.5. The van der Waals surface area contributed by atoms with E-state index in [9.17, 15) is 9.59 Å². The van der Waals surface area contributed by atoms with Crippen molar-refractivity contribution < 1.29 is 4.74 Å². The molecule has 0 spiro atoms. The highest BCUT2D eigenvalue weighted by molar-refractivity contribution is 6.30. The lowest BCUT2D eigenvalue weighted by Crippen LogP contribution is -2.42. The maximum Gasteiger partial charge on any atom is 0.337 e. The molecule has 3 heterocycles. The van der Waals surface area contributed by atoms with Gasteiger partial charge in [-0.3, -0.25) is 9.36 Å². The first-order chi connectivity index (χ1) is 15.1. The highest BCUT2D eigenvalue weighted by Gasteiger charge is 2.23. The lowest BCUT2D eigenvalue weighted by molar-refractivity contribution is 0.0950. The predicted octanol–water partition coefficient (Wildman–Crippen LogP) is 3.23. The molecule has 0 aliphatic carbocycles. The van der Waals surface area contributed by atoms with E-state index in [0.717, 1.165) is 18.4 Å². The molecule has 0 bridgehead atoms. The van der Waals surface area contributed by atoms with Crippen LogP contribution in [-0.4, -0.2) is 31.4 Å². The molecule has 0 unspecified atom stereocenters. The number of nitrogens with zero attached hydrogens (tertiary/aromatic N) is 4. The first-order valence-corrected chi connectivity index (χ1v) is 10.6. The summed E-state index contributed by atoms with van der Waals surface area (Å²) in [6.45, 7) is 1.35. The Balaban J connectivity index is 1.73. The van der Waals surface area contributed by atoms with E-state index in [1.807, 2.05) is 30.3 Å². The zero-order valence-corrected chi connectivity index (χ0v) is 17.5. The van der Waals surface area contributed by atoms with Crippen LogP contribution in [0.5, 0.6) is 0 Å². The molecule has 5 rings (SSSR count). The fraction of sp³-hybridized carbons (Fsp3) is 0.261. The third-order valence-electron chi connectivity index (χ3n) is 5.59. The van der Waals surface area contributed by atoms with Gasteiger partial charge in [-0.05, 0) is 42.7 Å². The molecule has 31 heavy (non-hydrogen) atoms. The van der Waals surface area contributed by atoms with E-state index in [1.54, 1.807) is 35.2 Å².